The Morgan fingerprint density at radius 3 is 2.09 bits per heavy atom. The van der Waals surface area contributed by atoms with E-state index in [-0.39, 0.29) is 17.0 Å². The lowest BCUT2D eigenvalue weighted by Gasteiger charge is -2.20. The number of amides is 1. The number of hydrogen-bond donors (Lipinski definition) is 2. The van der Waals surface area contributed by atoms with Gasteiger partial charge in [0.25, 0.3) is 0 Å². The number of ether oxygens (including phenoxy) is 2. The maximum atomic E-state index is 14.3. The Kier molecular flexibility index (Phi) is 10.3. The first-order valence-electron chi connectivity index (χ1n) is 16.9. The molecular formula is C44H32N4O5S. The first-order valence-corrected chi connectivity index (χ1v) is 17.7. The third-order valence-electron chi connectivity index (χ3n) is 8.83. The Bertz CT molecular complexity index is 2540. The van der Waals surface area contributed by atoms with Crippen LogP contribution in [0.3, 0.4) is 0 Å². The van der Waals surface area contributed by atoms with Gasteiger partial charge in [-0.05, 0) is 54.1 Å². The molecule has 0 aliphatic carbocycles. The topological polar surface area (TPSA) is 134 Å². The monoisotopic (exact) mass is 728 g/mol. The van der Waals surface area contributed by atoms with E-state index in [1.165, 1.54) is 11.8 Å². The summed E-state index contributed by atoms with van der Waals surface area (Å²) in [4.78, 5) is 36.0. The number of pyridine rings is 2. The molecule has 1 unspecified atom stereocenters. The highest BCUT2D eigenvalue weighted by Crippen LogP contribution is 2.44. The van der Waals surface area contributed by atoms with E-state index in [1.807, 2.05) is 78.9 Å². The van der Waals surface area contributed by atoms with E-state index in [0.29, 0.717) is 61.2 Å². The Morgan fingerprint density at radius 2 is 1.41 bits per heavy atom. The summed E-state index contributed by atoms with van der Waals surface area (Å²) in [6.45, 7) is 0. The Labute approximate surface area is 315 Å². The van der Waals surface area contributed by atoms with Crippen molar-refractivity contribution in [2.24, 2.45) is 0 Å². The molecule has 0 aliphatic rings. The van der Waals surface area contributed by atoms with Crippen LogP contribution in [-0.4, -0.2) is 41.2 Å². The molecule has 5 aromatic carbocycles. The number of methoxy groups -OCH3 is 2. The molecule has 1 atom stereocenters. The van der Waals surface area contributed by atoms with Gasteiger partial charge in [0.05, 0.1) is 42.3 Å². The lowest BCUT2D eigenvalue weighted by atomic mass is 9.98. The molecule has 2 aromatic heterocycles. The number of aromatic carboxylic acids is 1. The molecule has 0 fully saturated rings. The fraction of sp³-hybridized carbons (Fsp3) is 0.0682. The first kappa shape index (κ1) is 35.4. The summed E-state index contributed by atoms with van der Waals surface area (Å²) in [5.41, 5.74) is 6.13. The average molecular weight is 729 g/mol. The second kappa shape index (κ2) is 15.7. The summed E-state index contributed by atoms with van der Waals surface area (Å²) in [7, 11) is 3.15. The Hall–Kier alpha value is -6.96. The fourth-order valence-electron chi connectivity index (χ4n) is 6.15. The van der Waals surface area contributed by atoms with E-state index >= 15 is 0 Å². The maximum absolute atomic E-state index is 14.3. The van der Waals surface area contributed by atoms with E-state index < -0.39 is 11.2 Å². The van der Waals surface area contributed by atoms with Crippen LogP contribution in [0.15, 0.2) is 145 Å². The molecule has 0 saturated heterocycles. The summed E-state index contributed by atoms with van der Waals surface area (Å²) >= 11 is 1.18. The number of para-hydroxylation sites is 1. The van der Waals surface area contributed by atoms with Crippen LogP contribution >= 0.6 is 11.8 Å². The second-order valence-corrected chi connectivity index (χ2v) is 13.2. The Balaban J connectivity index is 1.26. The summed E-state index contributed by atoms with van der Waals surface area (Å²) in [6.07, 6.45) is 0. The van der Waals surface area contributed by atoms with Crippen LogP contribution in [0.2, 0.25) is 0 Å². The SMILES string of the molecule is COc1ccc(OC)c(-c2cc(-c3ccccc3)nc(SC(C(=O)Nc3ccc(-c4cc(C(=O)O)c5ccccc5n4)cc3)c3ccccc3)c2C#N)c1. The van der Waals surface area contributed by atoms with Crippen molar-refractivity contribution >= 4 is 40.2 Å². The molecule has 0 saturated carbocycles. The van der Waals surface area contributed by atoms with Crippen LogP contribution in [-0.2, 0) is 4.79 Å². The van der Waals surface area contributed by atoms with Gasteiger partial charge in [-0.2, -0.15) is 5.26 Å². The number of nitrogens with one attached hydrogen (secondary N) is 1. The van der Waals surface area contributed by atoms with Crippen LogP contribution in [0.25, 0.3) is 44.5 Å². The molecular weight excluding hydrogens is 697 g/mol. The predicted octanol–water partition coefficient (Wildman–Crippen LogP) is 9.69. The molecule has 2 N–H and O–H groups in total. The average Bonchev–Trinajstić information content (AvgIpc) is 3.22. The van der Waals surface area contributed by atoms with Gasteiger partial charge in [0.2, 0.25) is 5.91 Å². The molecule has 7 aromatic rings. The number of carboxylic acids is 1. The van der Waals surface area contributed by atoms with Gasteiger partial charge in [0, 0.05) is 33.3 Å². The highest BCUT2D eigenvalue weighted by Gasteiger charge is 2.27. The van der Waals surface area contributed by atoms with Crippen LogP contribution in [0.5, 0.6) is 11.5 Å². The van der Waals surface area contributed by atoms with Crippen molar-refractivity contribution in [3.8, 4) is 51.2 Å². The van der Waals surface area contributed by atoms with E-state index in [1.54, 1.807) is 74.9 Å². The zero-order valence-corrected chi connectivity index (χ0v) is 30.0. The number of hydrogen-bond acceptors (Lipinski definition) is 8. The molecule has 7 rings (SSSR count). The van der Waals surface area contributed by atoms with Crippen molar-refractivity contribution in [2.75, 3.05) is 19.5 Å². The number of carbonyl (C=O) groups is 2. The van der Waals surface area contributed by atoms with Crippen LogP contribution in [0.4, 0.5) is 5.69 Å². The number of thioether (sulfide) groups is 1. The zero-order chi connectivity index (χ0) is 37.6. The molecule has 0 radical (unpaired) electrons. The Morgan fingerprint density at radius 1 is 0.741 bits per heavy atom. The highest BCUT2D eigenvalue weighted by atomic mass is 32.2. The van der Waals surface area contributed by atoms with Crippen LogP contribution in [0, 0.1) is 11.3 Å². The molecule has 9 nitrogen and oxygen atoms in total. The minimum Gasteiger partial charge on any atom is -0.497 e. The third kappa shape index (κ3) is 7.35. The summed E-state index contributed by atoms with van der Waals surface area (Å²) in [5, 5.41) is 23.7. The molecule has 0 spiro atoms. The zero-order valence-electron chi connectivity index (χ0n) is 29.2. The molecule has 2 heterocycles. The predicted molar refractivity (Wildman–Crippen MR) is 211 cm³/mol. The van der Waals surface area contributed by atoms with Gasteiger partial charge in [-0.15, -0.1) is 0 Å². The number of anilines is 1. The van der Waals surface area contributed by atoms with Crippen molar-refractivity contribution in [2.45, 2.75) is 10.3 Å². The van der Waals surface area contributed by atoms with Crippen LogP contribution in [0.1, 0.15) is 26.7 Å². The number of aromatic nitrogens is 2. The second-order valence-electron chi connectivity index (χ2n) is 12.1. The van der Waals surface area contributed by atoms with E-state index in [4.69, 9.17) is 14.5 Å². The largest absolute Gasteiger partial charge is 0.497 e. The summed E-state index contributed by atoms with van der Waals surface area (Å²) < 4.78 is 11.3. The number of fused-ring (bicyclic) bond motifs is 1. The quantitative estimate of drug-likeness (QED) is 0.125. The molecule has 1 amide bonds. The van der Waals surface area contributed by atoms with Crippen molar-refractivity contribution in [3.05, 3.63) is 156 Å². The van der Waals surface area contributed by atoms with Crippen LogP contribution < -0.4 is 14.8 Å². The number of benzene rings is 5. The van der Waals surface area contributed by atoms with Crippen molar-refractivity contribution in [1.82, 2.24) is 9.97 Å². The van der Waals surface area contributed by atoms with E-state index in [9.17, 15) is 20.0 Å². The molecule has 54 heavy (non-hydrogen) atoms. The standard InChI is InChI=1S/C44H32N4O5S/c1-52-31-21-22-40(53-2)34(23-31)33-24-39(27-11-5-3-6-12-27)48-43(36(33)26-45)54-41(29-13-7-4-8-14-29)42(49)46-30-19-17-28(18-20-30)38-25-35(44(50)51)32-15-9-10-16-37(32)47-38/h3-25,41H,1-2H3,(H,46,49)(H,50,51). The normalized spacial score (nSPS) is 11.4. The van der Waals surface area contributed by atoms with Crippen molar-refractivity contribution in [3.63, 3.8) is 0 Å². The molecule has 0 bridgehead atoms. The van der Waals surface area contributed by atoms with Gasteiger partial charge < -0.3 is 19.9 Å². The van der Waals surface area contributed by atoms with Gasteiger partial charge in [-0.25, -0.2) is 14.8 Å². The summed E-state index contributed by atoms with van der Waals surface area (Å²) in [5.74, 6) is -0.228. The van der Waals surface area contributed by atoms with Gasteiger partial charge >= 0.3 is 5.97 Å². The number of carboxylic acid groups (broad SMARTS) is 1. The highest BCUT2D eigenvalue weighted by molar-refractivity contribution is 8.00. The number of nitriles is 1. The van der Waals surface area contributed by atoms with E-state index in [0.717, 1.165) is 11.1 Å². The smallest absolute Gasteiger partial charge is 0.336 e. The van der Waals surface area contributed by atoms with E-state index in [2.05, 4.69) is 16.4 Å². The number of carbonyl (C=O) groups excluding carboxylic acids is 1. The molecule has 10 heteroatoms. The number of rotatable bonds is 11. The minimum atomic E-state index is -1.04. The fourth-order valence-corrected chi connectivity index (χ4v) is 7.26. The van der Waals surface area contributed by atoms with Gasteiger partial charge in [0.1, 0.15) is 27.8 Å². The summed E-state index contributed by atoms with van der Waals surface area (Å²) in [6, 6.07) is 44.3. The maximum Gasteiger partial charge on any atom is 0.336 e. The van der Waals surface area contributed by atoms with Gasteiger partial charge in [-0.3, -0.25) is 4.79 Å². The molecule has 0 aliphatic heterocycles. The third-order valence-corrected chi connectivity index (χ3v) is 10.1. The molecule has 264 valence electrons. The van der Waals surface area contributed by atoms with Gasteiger partial charge in [-0.1, -0.05) is 103 Å². The lowest BCUT2D eigenvalue weighted by Crippen LogP contribution is -2.19. The van der Waals surface area contributed by atoms with Crippen molar-refractivity contribution < 1.29 is 24.2 Å². The first-order chi connectivity index (χ1) is 26.4. The van der Waals surface area contributed by atoms with Crippen molar-refractivity contribution in [1.29, 1.82) is 5.26 Å². The number of nitrogens with zero attached hydrogens (tertiary/aromatic N) is 3. The van der Waals surface area contributed by atoms with Gasteiger partial charge in [0.15, 0.2) is 0 Å². The minimum absolute atomic E-state index is 0.158. The lowest BCUT2D eigenvalue weighted by molar-refractivity contribution is -0.115.